The molecule has 27 heavy (non-hydrogen) atoms. The van der Waals surface area contributed by atoms with Gasteiger partial charge in [0.15, 0.2) is 0 Å². The second-order valence-corrected chi connectivity index (χ2v) is 6.99. The van der Waals surface area contributed by atoms with E-state index in [0.29, 0.717) is 0 Å². The zero-order valence-electron chi connectivity index (χ0n) is 14.9. The Bertz CT molecular complexity index is 945. The molecule has 0 aliphatic carbocycles. The van der Waals surface area contributed by atoms with Crippen LogP contribution in [0.4, 0.5) is 17.1 Å². The molecular formula is C19H18ClN3O4. The number of non-ortho nitro benzene ring substituents is 1. The number of rotatable bonds is 4. The summed E-state index contributed by atoms with van der Waals surface area (Å²) in [5.41, 5.74) is 3.10. The van der Waals surface area contributed by atoms with Crippen LogP contribution in [0.2, 0.25) is 5.02 Å². The molecule has 1 heterocycles. The number of nitrogens with zero attached hydrogens (tertiary/aromatic N) is 2. The van der Waals surface area contributed by atoms with Crippen molar-refractivity contribution in [3.05, 3.63) is 62.7 Å². The van der Waals surface area contributed by atoms with Gasteiger partial charge in [-0.2, -0.15) is 0 Å². The van der Waals surface area contributed by atoms with Gasteiger partial charge in [-0.3, -0.25) is 19.7 Å². The van der Waals surface area contributed by atoms with E-state index in [2.05, 4.69) is 5.32 Å². The third-order valence-corrected chi connectivity index (χ3v) is 5.03. The maximum Gasteiger partial charge on any atom is 0.271 e. The lowest BCUT2D eigenvalue weighted by atomic mass is 10.1. The predicted molar refractivity (Wildman–Crippen MR) is 103 cm³/mol. The molecule has 1 atom stereocenters. The van der Waals surface area contributed by atoms with Crippen LogP contribution < -0.4 is 10.2 Å². The molecule has 7 nitrogen and oxygen atoms in total. The molecule has 0 aromatic heterocycles. The molecule has 1 fully saturated rings. The highest BCUT2D eigenvalue weighted by Gasteiger charge is 2.35. The number of nitro groups is 1. The van der Waals surface area contributed by atoms with E-state index >= 15 is 0 Å². The van der Waals surface area contributed by atoms with Crippen LogP contribution in [0.15, 0.2) is 36.4 Å². The highest BCUT2D eigenvalue weighted by molar-refractivity contribution is 6.34. The number of carbonyl (C=O) groups is 2. The van der Waals surface area contributed by atoms with Crippen molar-refractivity contribution >= 4 is 40.5 Å². The fourth-order valence-electron chi connectivity index (χ4n) is 2.98. The quantitative estimate of drug-likeness (QED) is 0.636. The number of nitro benzene ring substituents is 1. The molecule has 2 aromatic carbocycles. The van der Waals surface area contributed by atoms with E-state index in [-0.39, 0.29) is 41.2 Å². The summed E-state index contributed by atoms with van der Waals surface area (Å²) in [5, 5.41) is 13.5. The first-order valence-electron chi connectivity index (χ1n) is 8.38. The van der Waals surface area contributed by atoms with Crippen molar-refractivity contribution in [3.8, 4) is 0 Å². The second kappa shape index (κ2) is 7.36. The summed E-state index contributed by atoms with van der Waals surface area (Å²) in [6, 6.07) is 9.58. The van der Waals surface area contributed by atoms with Gasteiger partial charge in [0.25, 0.3) is 5.69 Å². The number of halogens is 1. The average Bonchev–Trinajstić information content (AvgIpc) is 3.01. The van der Waals surface area contributed by atoms with Crippen LogP contribution in [-0.2, 0) is 9.59 Å². The van der Waals surface area contributed by atoms with Gasteiger partial charge >= 0.3 is 0 Å². The molecular weight excluding hydrogens is 370 g/mol. The number of amides is 2. The number of carbonyl (C=O) groups excluding carboxylic acids is 2. The Morgan fingerprint density at radius 3 is 2.59 bits per heavy atom. The van der Waals surface area contributed by atoms with Gasteiger partial charge in [0, 0.05) is 30.8 Å². The maximum absolute atomic E-state index is 12.5. The molecule has 0 saturated carbocycles. The summed E-state index contributed by atoms with van der Waals surface area (Å²) in [4.78, 5) is 36.7. The molecule has 0 bridgehead atoms. The van der Waals surface area contributed by atoms with Gasteiger partial charge in [-0.1, -0.05) is 17.7 Å². The lowest BCUT2D eigenvalue weighted by Crippen LogP contribution is -2.28. The van der Waals surface area contributed by atoms with E-state index in [4.69, 9.17) is 11.6 Å². The molecule has 1 aliphatic rings. The minimum absolute atomic E-state index is 0.0767. The first-order chi connectivity index (χ1) is 12.8. The van der Waals surface area contributed by atoms with Gasteiger partial charge in [-0.05, 0) is 43.2 Å². The van der Waals surface area contributed by atoms with Gasteiger partial charge in [-0.15, -0.1) is 0 Å². The van der Waals surface area contributed by atoms with Crippen molar-refractivity contribution in [1.82, 2.24) is 0 Å². The van der Waals surface area contributed by atoms with Gasteiger partial charge in [-0.25, -0.2) is 0 Å². The Kier molecular flexibility index (Phi) is 5.14. The third kappa shape index (κ3) is 3.93. The number of benzene rings is 2. The second-order valence-electron chi connectivity index (χ2n) is 6.58. The van der Waals surface area contributed by atoms with Crippen molar-refractivity contribution in [2.75, 3.05) is 16.8 Å². The Hall–Kier alpha value is -2.93. The van der Waals surface area contributed by atoms with Gasteiger partial charge in [0.1, 0.15) is 0 Å². The van der Waals surface area contributed by atoms with Crippen LogP contribution in [0, 0.1) is 29.9 Å². The Morgan fingerprint density at radius 1 is 1.22 bits per heavy atom. The van der Waals surface area contributed by atoms with Crippen molar-refractivity contribution in [3.63, 3.8) is 0 Å². The molecule has 8 heteroatoms. The van der Waals surface area contributed by atoms with E-state index < -0.39 is 10.8 Å². The zero-order chi connectivity index (χ0) is 19.7. The van der Waals surface area contributed by atoms with Crippen molar-refractivity contribution < 1.29 is 14.5 Å². The molecule has 1 aliphatic heterocycles. The molecule has 2 aromatic rings. The summed E-state index contributed by atoms with van der Waals surface area (Å²) < 4.78 is 0. The molecule has 2 amide bonds. The third-order valence-electron chi connectivity index (χ3n) is 4.72. The average molecular weight is 388 g/mol. The first-order valence-corrected chi connectivity index (χ1v) is 8.76. The lowest BCUT2D eigenvalue weighted by molar-refractivity contribution is -0.384. The van der Waals surface area contributed by atoms with Gasteiger partial charge in [0.05, 0.1) is 21.6 Å². The predicted octanol–water partition coefficient (Wildman–Crippen LogP) is 3.86. The highest BCUT2D eigenvalue weighted by Crippen LogP contribution is 2.30. The summed E-state index contributed by atoms with van der Waals surface area (Å²) in [7, 11) is 0. The zero-order valence-corrected chi connectivity index (χ0v) is 15.6. The maximum atomic E-state index is 12.5. The molecule has 3 rings (SSSR count). The molecule has 1 N–H and O–H groups in total. The van der Waals surface area contributed by atoms with Crippen LogP contribution >= 0.6 is 11.6 Å². The van der Waals surface area contributed by atoms with Crippen LogP contribution in [0.3, 0.4) is 0 Å². The monoisotopic (exact) mass is 387 g/mol. The summed E-state index contributed by atoms with van der Waals surface area (Å²) in [6.07, 6.45) is 0.101. The minimum atomic E-state index is -0.561. The minimum Gasteiger partial charge on any atom is -0.324 e. The van der Waals surface area contributed by atoms with Crippen LogP contribution in [0.25, 0.3) is 0 Å². The number of hydrogen-bond donors (Lipinski definition) is 1. The van der Waals surface area contributed by atoms with E-state index in [0.717, 1.165) is 16.8 Å². The van der Waals surface area contributed by atoms with Gasteiger partial charge < -0.3 is 10.2 Å². The lowest BCUT2D eigenvalue weighted by Gasteiger charge is -2.18. The molecule has 0 spiro atoms. The Morgan fingerprint density at radius 2 is 1.96 bits per heavy atom. The van der Waals surface area contributed by atoms with Crippen LogP contribution in [0.1, 0.15) is 17.5 Å². The molecule has 140 valence electrons. The van der Waals surface area contributed by atoms with Crippen LogP contribution in [-0.4, -0.2) is 23.3 Å². The fraction of sp³-hybridized carbons (Fsp3) is 0.263. The Labute approximate surface area is 161 Å². The SMILES string of the molecule is Cc1ccc(N2C[C@@H](C(=O)Nc3ccc([N+](=O)[O-])cc3Cl)CC2=O)cc1C. The topological polar surface area (TPSA) is 92.6 Å². The molecule has 0 radical (unpaired) electrons. The number of nitrogens with one attached hydrogen (secondary N) is 1. The Balaban J connectivity index is 1.72. The fourth-order valence-corrected chi connectivity index (χ4v) is 3.20. The number of anilines is 2. The normalized spacial score (nSPS) is 16.5. The standard InChI is InChI=1S/C19H18ClN3O4/c1-11-3-4-14(7-12(11)2)22-10-13(8-18(22)24)19(25)21-17-6-5-15(23(26)27)9-16(17)20/h3-7,9,13H,8,10H2,1-2H3,(H,21,25)/t13-/m0/s1. The van der Waals surface area contributed by atoms with E-state index in [1.165, 1.54) is 18.2 Å². The van der Waals surface area contributed by atoms with Gasteiger partial charge in [0.2, 0.25) is 11.8 Å². The summed E-state index contributed by atoms with van der Waals surface area (Å²) >= 11 is 6.01. The smallest absolute Gasteiger partial charge is 0.271 e. The largest absolute Gasteiger partial charge is 0.324 e. The van der Waals surface area contributed by atoms with Crippen molar-refractivity contribution in [2.45, 2.75) is 20.3 Å². The molecule has 1 saturated heterocycles. The number of aryl methyl sites for hydroxylation is 2. The van der Waals surface area contributed by atoms with E-state index in [1.54, 1.807) is 4.90 Å². The van der Waals surface area contributed by atoms with E-state index in [1.807, 2.05) is 32.0 Å². The number of hydrogen-bond acceptors (Lipinski definition) is 4. The highest BCUT2D eigenvalue weighted by atomic mass is 35.5. The summed E-state index contributed by atoms with van der Waals surface area (Å²) in [5.74, 6) is -0.982. The first kappa shape index (κ1) is 18.8. The molecule has 0 unspecified atom stereocenters. The van der Waals surface area contributed by atoms with Crippen molar-refractivity contribution in [2.24, 2.45) is 5.92 Å². The van der Waals surface area contributed by atoms with Crippen molar-refractivity contribution in [1.29, 1.82) is 0 Å². The van der Waals surface area contributed by atoms with E-state index in [9.17, 15) is 19.7 Å². The van der Waals surface area contributed by atoms with Crippen LogP contribution in [0.5, 0.6) is 0 Å². The summed E-state index contributed by atoms with van der Waals surface area (Å²) in [6.45, 7) is 4.24.